The van der Waals surface area contributed by atoms with Gasteiger partial charge in [0.15, 0.2) is 0 Å². The average Bonchev–Trinajstić information content (AvgIpc) is 3.02. The Morgan fingerprint density at radius 2 is 1.27 bits per heavy atom. The van der Waals surface area contributed by atoms with E-state index in [0.717, 1.165) is 35.3 Å². The van der Waals surface area contributed by atoms with Crippen LogP contribution in [0.2, 0.25) is 0 Å². The first-order valence-electron chi connectivity index (χ1n) is 8.86. The van der Waals surface area contributed by atoms with Crippen LogP contribution < -0.4 is 0 Å². The molecule has 0 amide bonds. The van der Waals surface area contributed by atoms with Crippen LogP contribution in [0.4, 0.5) is 39.5 Å². The first-order chi connectivity index (χ1) is 13.7. The molecule has 30 heavy (non-hydrogen) atoms. The van der Waals surface area contributed by atoms with E-state index in [1.807, 2.05) is 19.1 Å². The lowest BCUT2D eigenvalue weighted by Crippen LogP contribution is -2.63. The molecule has 0 saturated carbocycles. The van der Waals surface area contributed by atoms with Crippen molar-refractivity contribution in [2.75, 3.05) is 0 Å². The zero-order valence-corrected chi connectivity index (χ0v) is 15.4. The minimum Gasteiger partial charge on any atom is -0.169 e. The van der Waals surface area contributed by atoms with Crippen molar-refractivity contribution >= 4 is 6.08 Å². The molecule has 0 aromatic heterocycles. The van der Waals surface area contributed by atoms with E-state index in [4.69, 9.17) is 0 Å². The van der Waals surface area contributed by atoms with Gasteiger partial charge < -0.3 is 0 Å². The highest BCUT2D eigenvalue weighted by atomic mass is 19.4. The zero-order chi connectivity index (χ0) is 22.5. The Morgan fingerprint density at radius 3 is 1.73 bits per heavy atom. The van der Waals surface area contributed by atoms with Gasteiger partial charge in [-0.25, -0.2) is 0 Å². The number of hydrogen-bond donors (Lipinski definition) is 0. The summed E-state index contributed by atoms with van der Waals surface area (Å²) in [7, 11) is 0. The molecule has 162 valence electrons. The maximum atomic E-state index is 13.3. The summed E-state index contributed by atoms with van der Waals surface area (Å²) in [6, 6.07) is 7.37. The van der Waals surface area contributed by atoms with Crippen molar-refractivity contribution in [1.29, 1.82) is 0 Å². The molecular formula is C21H15F9. The van der Waals surface area contributed by atoms with Gasteiger partial charge in [0, 0.05) is 0 Å². The normalized spacial score (nSPS) is 15.2. The van der Waals surface area contributed by atoms with Gasteiger partial charge in [-0.05, 0) is 40.7 Å². The lowest BCUT2D eigenvalue weighted by atomic mass is 9.77. The largest absolute Gasteiger partial charge is 0.416 e. The molecule has 1 aliphatic rings. The number of hydrogen-bond acceptors (Lipinski definition) is 0. The van der Waals surface area contributed by atoms with Crippen LogP contribution in [0.5, 0.6) is 0 Å². The molecular weight excluding hydrogens is 423 g/mol. The van der Waals surface area contributed by atoms with E-state index < -0.39 is 29.5 Å². The lowest BCUT2D eigenvalue weighted by molar-refractivity contribution is -0.387. The van der Waals surface area contributed by atoms with Gasteiger partial charge >= 0.3 is 18.5 Å². The van der Waals surface area contributed by atoms with Crippen LogP contribution in [-0.4, -0.2) is 18.5 Å². The second-order valence-electron chi connectivity index (χ2n) is 7.03. The number of fused-ring (bicyclic) bond motifs is 1. The van der Waals surface area contributed by atoms with E-state index in [9.17, 15) is 39.5 Å². The Hall–Kier alpha value is -2.45. The highest BCUT2D eigenvalue weighted by molar-refractivity contribution is 5.80. The van der Waals surface area contributed by atoms with Crippen molar-refractivity contribution in [3.63, 3.8) is 0 Å². The Balaban J connectivity index is 2.16. The molecule has 0 nitrogen and oxygen atoms in total. The number of rotatable bonds is 3. The molecule has 0 saturated heterocycles. The SMILES string of the molecule is CCC1=Cc2c(cccc2-c2ccc(C(C(F)(F)F)(C(F)(F)F)C(F)(F)F)cc2)C1. The fraction of sp³-hybridized carbons (Fsp3) is 0.333. The molecule has 0 aliphatic heterocycles. The van der Waals surface area contributed by atoms with Crippen LogP contribution in [0.1, 0.15) is 30.0 Å². The van der Waals surface area contributed by atoms with Crippen LogP contribution in [0, 0.1) is 0 Å². The second-order valence-corrected chi connectivity index (χ2v) is 7.03. The fourth-order valence-electron chi connectivity index (χ4n) is 3.79. The summed E-state index contributed by atoms with van der Waals surface area (Å²) in [4.78, 5) is 0. The zero-order valence-electron chi connectivity index (χ0n) is 15.4. The van der Waals surface area contributed by atoms with Gasteiger partial charge in [-0.15, -0.1) is 0 Å². The Labute approximate surface area is 166 Å². The van der Waals surface area contributed by atoms with E-state index in [2.05, 4.69) is 0 Å². The number of alkyl halides is 9. The molecule has 0 spiro atoms. The van der Waals surface area contributed by atoms with Gasteiger partial charge in [0.1, 0.15) is 0 Å². The van der Waals surface area contributed by atoms with Crippen LogP contribution in [0.3, 0.4) is 0 Å². The third-order valence-corrected chi connectivity index (χ3v) is 5.32. The van der Waals surface area contributed by atoms with E-state index in [0.29, 0.717) is 12.0 Å². The predicted octanol–water partition coefficient (Wildman–Crippen LogP) is 7.63. The summed E-state index contributed by atoms with van der Waals surface area (Å²) in [5.74, 6) is 0. The monoisotopic (exact) mass is 438 g/mol. The van der Waals surface area contributed by atoms with Gasteiger partial charge in [-0.2, -0.15) is 39.5 Å². The van der Waals surface area contributed by atoms with Crippen molar-refractivity contribution in [3.8, 4) is 11.1 Å². The first kappa shape index (κ1) is 22.2. The van der Waals surface area contributed by atoms with Crippen molar-refractivity contribution in [2.45, 2.75) is 43.7 Å². The van der Waals surface area contributed by atoms with Crippen LogP contribution in [0.25, 0.3) is 17.2 Å². The number of allylic oxidation sites excluding steroid dienone is 1. The standard InChI is InChI=1S/C21H15F9/c1-2-12-10-14-4-3-5-16(17(14)11-12)13-6-8-15(9-7-13)18(19(22,23)24,20(25,26)27)21(28,29)30/h3-9,11H,2,10H2,1H3. The summed E-state index contributed by atoms with van der Waals surface area (Å²) in [6.07, 6.45) is -16.6. The van der Waals surface area contributed by atoms with Crippen molar-refractivity contribution < 1.29 is 39.5 Å². The minimum absolute atomic E-state index is 0.227. The molecule has 0 atom stereocenters. The number of halogens is 9. The fourth-order valence-corrected chi connectivity index (χ4v) is 3.79. The molecule has 9 heteroatoms. The maximum absolute atomic E-state index is 13.3. The number of benzene rings is 2. The smallest absolute Gasteiger partial charge is 0.169 e. The second kappa shape index (κ2) is 7.06. The van der Waals surface area contributed by atoms with E-state index >= 15 is 0 Å². The van der Waals surface area contributed by atoms with Gasteiger partial charge in [0.2, 0.25) is 0 Å². The van der Waals surface area contributed by atoms with Gasteiger partial charge in [0.05, 0.1) is 0 Å². The highest BCUT2D eigenvalue weighted by Crippen LogP contribution is 2.60. The quantitative estimate of drug-likeness (QED) is 0.432. The van der Waals surface area contributed by atoms with Gasteiger partial charge in [-0.1, -0.05) is 61.0 Å². The van der Waals surface area contributed by atoms with E-state index in [1.165, 1.54) is 0 Å². The Kier molecular flexibility index (Phi) is 5.23. The molecule has 0 bridgehead atoms. The first-order valence-corrected chi connectivity index (χ1v) is 8.86. The van der Waals surface area contributed by atoms with Crippen LogP contribution in [0.15, 0.2) is 48.0 Å². The van der Waals surface area contributed by atoms with E-state index in [-0.39, 0.29) is 17.7 Å². The molecule has 0 N–H and O–H groups in total. The summed E-state index contributed by atoms with van der Waals surface area (Å²) >= 11 is 0. The minimum atomic E-state index is -6.63. The molecule has 0 unspecified atom stereocenters. The molecule has 0 radical (unpaired) electrons. The van der Waals surface area contributed by atoms with Crippen molar-refractivity contribution in [3.05, 3.63) is 64.7 Å². The topological polar surface area (TPSA) is 0 Å². The average molecular weight is 438 g/mol. The Morgan fingerprint density at radius 1 is 0.733 bits per heavy atom. The van der Waals surface area contributed by atoms with Gasteiger partial charge in [0.25, 0.3) is 5.41 Å². The molecule has 3 rings (SSSR count). The highest BCUT2D eigenvalue weighted by Gasteiger charge is 2.84. The van der Waals surface area contributed by atoms with Crippen molar-refractivity contribution in [1.82, 2.24) is 0 Å². The molecule has 0 fully saturated rings. The third-order valence-electron chi connectivity index (χ3n) is 5.32. The van der Waals surface area contributed by atoms with Crippen LogP contribution in [-0.2, 0) is 11.8 Å². The summed E-state index contributed by atoms with van der Waals surface area (Å²) in [5, 5.41) is 0. The van der Waals surface area contributed by atoms with Gasteiger partial charge in [-0.3, -0.25) is 0 Å². The predicted molar refractivity (Wildman–Crippen MR) is 93.7 cm³/mol. The summed E-state index contributed by atoms with van der Waals surface area (Å²) in [6.45, 7) is 1.94. The lowest BCUT2D eigenvalue weighted by Gasteiger charge is -2.38. The maximum Gasteiger partial charge on any atom is 0.416 e. The molecule has 2 aromatic rings. The summed E-state index contributed by atoms with van der Waals surface area (Å²) < 4.78 is 120. The Bertz CT molecular complexity index is 922. The van der Waals surface area contributed by atoms with Crippen molar-refractivity contribution in [2.24, 2.45) is 0 Å². The third kappa shape index (κ3) is 3.28. The molecule has 2 aromatic carbocycles. The van der Waals surface area contributed by atoms with E-state index in [1.54, 1.807) is 12.1 Å². The molecule has 1 aliphatic carbocycles. The summed E-state index contributed by atoms with van der Waals surface area (Å²) in [5.41, 5.74) is -4.35. The molecule has 0 heterocycles. The van der Waals surface area contributed by atoms with Crippen LogP contribution >= 0.6 is 0 Å².